The van der Waals surface area contributed by atoms with Crippen molar-refractivity contribution in [2.24, 2.45) is 0 Å². The summed E-state index contributed by atoms with van der Waals surface area (Å²) >= 11 is 0. The van der Waals surface area contributed by atoms with Gasteiger partial charge in [-0.3, -0.25) is 14.7 Å². The highest BCUT2D eigenvalue weighted by Gasteiger charge is 2.40. The highest BCUT2D eigenvalue weighted by molar-refractivity contribution is 6.14. The molecule has 9 heteroatoms. The van der Waals surface area contributed by atoms with Crippen molar-refractivity contribution in [1.82, 2.24) is 4.98 Å². The predicted molar refractivity (Wildman–Crippen MR) is 139 cm³/mol. The van der Waals surface area contributed by atoms with Gasteiger partial charge in [0.2, 0.25) is 11.8 Å². The highest BCUT2D eigenvalue weighted by atomic mass is 16.5. The van der Waals surface area contributed by atoms with Gasteiger partial charge >= 0.3 is 11.9 Å². The molecule has 0 bridgehead atoms. The number of hydrogen-bond acceptors (Lipinski definition) is 8. The number of pyridine rings is 1. The standard InChI is InChI=1S/C28H37N3O6/c1-3-35-27(33)22-23(28(34)36-4-2)26(37-24(22)30-20-13-7-5-8-14-20)31(21-15-9-6-10-16-21)25(32)19-12-11-17-29-18-19/h11-12,17-18,20-21,30H,3-10,13-16H2,1-2H3. The van der Waals surface area contributed by atoms with E-state index in [1.54, 1.807) is 32.2 Å². The number of anilines is 2. The Bertz CT molecular complexity index is 1070. The van der Waals surface area contributed by atoms with Crippen molar-refractivity contribution >= 4 is 29.6 Å². The fraction of sp³-hybridized carbons (Fsp3) is 0.571. The van der Waals surface area contributed by atoms with Gasteiger partial charge in [0, 0.05) is 24.5 Å². The van der Waals surface area contributed by atoms with Crippen molar-refractivity contribution in [3.05, 3.63) is 41.2 Å². The van der Waals surface area contributed by atoms with Crippen molar-refractivity contribution in [2.75, 3.05) is 23.4 Å². The van der Waals surface area contributed by atoms with E-state index >= 15 is 0 Å². The minimum absolute atomic E-state index is 0.0133. The minimum atomic E-state index is -0.721. The molecule has 2 heterocycles. The van der Waals surface area contributed by atoms with E-state index in [2.05, 4.69) is 10.3 Å². The summed E-state index contributed by atoms with van der Waals surface area (Å²) in [5.41, 5.74) is 0.292. The number of rotatable bonds is 9. The summed E-state index contributed by atoms with van der Waals surface area (Å²) < 4.78 is 17.0. The van der Waals surface area contributed by atoms with Crippen LogP contribution in [0.1, 0.15) is 109 Å². The number of ether oxygens (including phenoxy) is 2. The van der Waals surface area contributed by atoms with Crippen LogP contribution in [0.25, 0.3) is 0 Å². The van der Waals surface area contributed by atoms with Crippen LogP contribution >= 0.6 is 0 Å². The van der Waals surface area contributed by atoms with Gasteiger partial charge in [-0.15, -0.1) is 0 Å². The molecule has 2 saturated carbocycles. The average Bonchev–Trinajstić information content (AvgIpc) is 3.29. The maximum Gasteiger partial charge on any atom is 0.344 e. The second-order valence-corrected chi connectivity index (χ2v) is 9.62. The number of furan rings is 1. The number of hydrogen-bond donors (Lipinski definition) is 1. The van der Waals surface area contributed by atoms with Crippen LogP contribution in [0.3, 0.4) is 0 Å². The zero-order valence-corrected chi connectivity index (χ0v) is 21.8. The summed E-state index contributed by atoms with van der Waals surface area (Å²) in [5.74, 6) is -1.56. The van der Waals surface area contributed by atoms with Crippen LogP contribution in [0, 0.1) is 0 Å². The summed E-state index contributed by atoms with van der Waals surface area (Å²) in [6, 6.07) is 3.28. The van der Waals surface area contributed by atoms with Gasteiger partial charge in [0.1, 0.15) is 11.1 Å². The monoisotopic (exact) mass is 511 g/mol. The Morgan fingerprint density at radius 2 is 1.57 bits per heavy atom. The molecule has 2 fully saturated rings. The third-order valence-electron chi connectivity index (χ3n) is 7.08. The lowest BCUT2D eigenvalue weighted by molar-refractivity contribution is 0.0481. The number of nitrogens with one attached hydrogen (secondary N) is 1. The lowest BCUT2D eigenvalue weighted by Crippen LogP contribution is -2.42. The van der Waals surface area contributed by atoms with E-state index in [1.807, 2.05) is 0 Å². The van der Waals surface area contributed by atoms with Gasteiger partial charge in [-0.25, -0.2) is 9.59 Å². The van der Waals surface area contributed by atoms with Crippen LogP contribution in [-0.4, -0.2) is 48.1 Å². The van der Waals surface area contributed by atoms with Gasteiger partial charge in [0.25, 0.3) is 5.91 Å². The first-order valence-electron chi connectivity index (χ1n) is 13.6. The van der Waals surface area contributed by atoms with E-state index < -0.39 is 11.9 Å². The molecule has 0 spiro atoms. The summed E-state index contributed by atoms with van der Waals surface area (Å²) in [5, 5.41) is 3.36. The van der Waals surface area contributed by atoms with Crippen molar-refractivity contribution in [3.63, 3.8) is 0 Å². The van der Waals surface area contributed by atoms with Crippen molar-refractivity contribution in [1.29, 1.82) is 0 Å². The molecule has 0 radical (unpaired) electrons. The largest absolute Gasteiger partial charge is 0.462 e. The Morgan fingerprint density at radius 1 is 0.946 bits per heavy atom. The van der Waals surface area contributed by atoms with Crippen LogP contribution in [0.5, 0.6) is 0 Å². The molecule has 9 nitrogen and oxygen atoms in total. The van der Waals surface area contributed by atoms with Crippen LogP contribution in [0.4, 0.5) is 11.8 Å². The number of esters is 2. The SMILES string of the molecule is CCOC(=O)c1c(NC2CCCCC2)oc(N(C(=O)c2cccnc2)C2CCCCC2)c1C(=O)OCC. The van der Waals surface area contributed by atoms with E-state index in [1.165, 1.54) is 11.1 Å². The number of amides is 1. The molecule has 2 aromatic heterocycles. The first-order chi connectivity index (χ1) is 18.0. The average molecular weight is 512 g/mol. The van der Waals surface area contributed by atoms with E-state index in [-0.39, 0.29) is 54.1 Å². The molecule has 1 amide bonds. The van der Waals surface area contributed by atoms with Gasteiger partial charge in [-0.1, -0.05) is 38.5 Å². The Labute approximate surface area is 217 Å². The van der Waals surface area contributed by atoms with E-state index in [0.717, 1.165) is 64.2 Å². The number of nitrogens with zero attached hydrogens (tertiary/aromatic N) is 2. The predicted octanol–water partition coefficient (Wildman–Crippen LogP) is 5.75. The molecule has 37 heavy (non-hydrogen) atoms. The summed E-state index contributed by atoms with van der Waals surface area (Å²) in [4.78, 5) is 46.2. The molecule has 4 rings (SSSR count). The smallest absolute Gasteiger partial charge is 0.344 e. The minimum Gasteiger partial charge on any atom is -0.462 e. The third-order valence-corrected chi connectivity index (χ3v) is 7.08. The van der Waals surface area contributed by atoms with Crippen LogP contribution < -0.4 is 10.2 Å². The second kappa shape index (κ2) is 12.7. The molecular weight excluding hydrogens is 474 g/mol. The van der Waals surface area contributed by atoms with Gasteiger partial charge in [-0.2, -0.15) is 0 Å². The molecule has 2 aliphatic rings. The number of aromatic nitrogens is 1. The fourth-order valence-electron chi connectivity index (χ4n) is 5.30. The Hall–Kier alpha value is -3.36. The maximum atomic E-state index is 13.9. The molecule has 2 aromatic rings. The van der Waals surface area contributed by atoms with E-state index in [0.29, 0.717) is 5.56 Å². The van der Waals surface area contributed by atoms with Gasteiger partial charge in [-0.05, 0) is 51.7 Å². The first kappa shape index (κ1) is 26.7. The second-order valence-electron chi connectivity index (χ2n) is 9.62. The number of carbonyl (C=O) groups excluding carboxylic acids is 3. The zero-order valence-electron chi connectivity index (χ0n) is 21.8. The van der Waals surface area contributed by atoms with Crippen LogP contribution in [0.15, 0.2) is 28.9 Å². The molecule has 0 atom stereocenters. The maximum absolute atomic E-state index is 13.9. The zero-order chi connectivity index (χ0) is 26.2. The Morgan fingerprint density at radius 3 is 2.16 bits per heavy atom. The van der Waals surface area contributed by atoms with E-state index in [9.17, 15) is 14.4 Å². The molecule has 2 aliphatic carbocycles. The third kappa shape index (κ3) is 6.14. The van der Waals surface area contributed by atoms with Crippen molar-refractivity contribution < 1.29 is 28.3 Å². The molecular formula is C28H37N3O6. The topological polar surface area (TPSA) is 111 Å². The normalized spacial score (nSPS) is 16.7. The molecule has 0 aliphatic heterocycles. The summed E-state index contributed by atoms with van der Waals surface area (Å²) in [6.45, 7) is 3.64. The molecule has 0 saturated heterocycles. The number of carbonyl (C=O) groups is 3. The van der Waals surface area contributed by atoms with E-state index in [4.69, 9.17) is 13.9 Å². The Kier molecular flexibility index (Phi) is 9.19. The fourth-order valence-corrected chi connectivity index (χ4v) is 5.30. The van der Waals surface area contributed by atoms with Gasteiger partial charge in [0.05, 0.1) is 18.8 Å². The first-order valence-corrected chi connectivity index (χ1v) is 13.6. The van der Waals surface area contributed by atoms with Gasteiger partial charge in [0.15, 0.2) is 0 Å². The highest BCUT2D eigenvalue weighted by Crippen LogP contribution is 2.40. The molecule has 0 unspecified atom stereocenters. The lowest BCUT2D eigenvalue weighted by atomic mass is 9.93. The van der Waals surface area contributed by atoms with Gasteiger partial charge < -0.3 is 19.2 Å². The quantitative estimate of drug-likeness (QED) is 0.424. The van der Waals surface area contributed by atoms with Crippen molar-refractivity contribution in [2.45, 2.75) is 90.1 Å². The summed E-state index contributed by atoms with van der Waals surface area (Å²) in [6.07, 6.45) is 12.8. The Balaban J connectivity index is 1.88. The molecule has 200 valence electrons. The lowest BCUT2D eigenvalue weighted by Gasteiger charge is -2.33. The summed E-state index contributed by atoms with van der Waals surface area (Å²) in [7, 11) is 0. The van der Waals surface area contributed by atoms with Crippen LogP contribution in [-0.2, 0) is 9.47 Å². The molecule has 0 aromatic carbocycles. The van der Waals surface area contributed by atoms with Crippen molar-refractivity contribution in [3.8, 4) is 0 Å². The van der Waals surface area contributed by atoms with Crippen LogP contribution in [0.2, 0.25) is 0 Å². The molecule has 1 N–H and O–H groups in total.